The predicted octanol–water partition coefficient (Wildman–Crippen LogP) is 1.92. The van der Waals surface area contributed by atoms with Crippen LogP contribution in [-0.2, 0) is 0 Å². The van der Waals surface area contributed by atoms with Crippen LogP contribution in [0, 0.1) is 11.8 Å². The molecule has 0 bridgehead atoms. The Labute approximate surface area is 123 Å². The van der Waals surface area contributed by atoms with Crippen LogP contribution in [-0.4, -0.2) is 22.6 Å². The summed E-state index contributed by atoms with van der Waals surface area (Å²) in [6.45, 7) is 1.72. The first-order valence-electron chi connectivity index (χ1n) is 6.61. The Hall–Kier alpha value is -2.64. The summed E-state index contributed by atoms with van der Waals surface area (Å²) in [5.41, 5.74) is 2.24. The molecule has 0 fully saturated rings. The quantitative estimate of drug-likeness (QED) is 0.844. The number of nitrogens with zero attached hydrogens (tertiary/aromatic N) is 1. The van der Waals surface area contributed by atoms with Crippen LogP contribution in [0.5, 0.6) is 0 Å². The molecule has 4 heteroatoms. The normalized spacial score (nSPS) is 11.1. The number of nitrogens with one attached hydrogen (secondary N) is 1. The Bertz CT molecular complexity index is 672. The average molecular weight is 280 g/mol. The molecule has 1 amide bonds. The maximum Gasteiger partial charge on any atom is 0.251 e. The molecule has 2 N–H and O–H groups in total. The number of amides is 1. The summed E-state index contributed by atoms with van der Waals surface area (Å²) >= 11 is 0. The van der Waals surface area contributed by atoms with Crippen molar-refractivity contribution in [3.05, 3.63) is 65.5 Å². The lowest BCUT2D eigenvalue weighted by Gasteiger charge is -2.14. The summed E-state index contributed by atoms with van der Waals surface area (Å²) in [4.78, 5) is 16.2. The van der Waals surface area contributed by atoms with E-state index < -0.39 is 0 Å². The van der Waals surface area contributed by atoms with Gasteiger partial charge in [0.2, 0.25) is 0 Å². The third kappa shape index (κ3) is 4.16. The van der Waals surface area contributed by atoms with E-state index in [9.17, 15) is 4.79 Å². The van der Waals surface area contributed by atoms with Gasteiger partial charge in [0.1, 0.15) is 6.61 Å². The van der Waals surface area contributed by atoms with Gasteiger partial charge in [-0.05, 0) is 42.8 Å². The molecule has 0 spiro atoms. The molecular formula is C17H16N2O2. The van der Waals surface area contributed by atoms with Crippen LogP contribution in [0.15, 0.2) is 48.8 Å². The first-order valence-corrected chi connectivity index (χ1v) is 6.61. The summed E-state index contributed by atoms with van der Waals surface area (Å²) in [5, 5.41) is 11.6. The topological polar surface area (TPSA) is 62.2 Å². The molecule has 0 aliphatic heterocycles. The lowest BCUT2D eigenvalue weighted by atomic mass is 10.1. The number of rotatable bonds is 3. The van der Waals surface area contributed by atoms with Gasteiger partial charge in [-0.25, -0.2) is 0 Å². The summed E-state index contributed by atoms with van der Waals surface area (Å²) < 4.78 is 0. The third-order valence-electron chi connectivity index (χ3n) is 2.99. The van der Waals surface area contributed by atoms with Gasteiger partial charge in [0, 0.05) is 23.5 Å². The maximum atomic E-state index is 12.2. The van der Waals surface area contributed by atoms with Gasteiger partial charge in [-0.3, -0.25) is 9.78 Å². The number of aliphatic hydroxyl groups excluding tert-OH is 1. The van der Waals surface area contributed by atoms with Gasteiger partial charge in [-0.15, -0.1) is 0 Å². The molecule has 106 valence electrons. The first-order chi connectivity index (χ1) is 10.2. The van der Waals surface area contributed by atoms with Crippen molar-refractivity contribution in [2.24, 2.45) is 0 Å². The van der Waals surface area contributed by atoms with Crippen LogP contribution < -0.4 is 5.32 Å². The molecule has 1 unspecified atom stereocenters. The fourth-order valence-corrected chi connectivity index (χ4v) is 1.90. The van der Waals surface area contributed by atoms with Crippen molar-refractivity contribution >= 4 is 5.91 Å². The number of benzene rings is 1. The summed E-state index contributed by atoms with van der Waals surface area (Å²) in [5.74, 6) is 5.19. The van der Waals surface area contributed by atoms with Gasteiger partial charge in [0.25, 0.3) is 5.91 Å². The van der Waals surface area contributed by atoms with Crippen molar-refractivity contribution in [3.8, 4) is 11.8 Å². The largest absolute Gasteiger partial charge is 0.384 e. The second-order valence-corrected chi connectivity index (χ2v) is 4.52. The van der Waals surface area contributed by atoms with Gasteiger partial charge in [-0.2, -0.15) is 0 Å². The third-order valence-corrected chi connectivity index (χ3v) is 2.99. The molecule has 1 heterocycles. The molecule has 1 atom stereocenters. The molecule has 0 aliphatic carbocycles. The van der Waals surface area contributed by atoms with E-state index in [0.717, 1.165) is 5.56 Å². The Balaban J connectivity index is 2.10. The highest BCUT2D eigenvalue weighted by atomic mass is 16.2. The number of pyridine rings is 1. The molecule has 2 rings (SSSR count). The minimum absolute atomic E-state index is 0.104. The van der Waals surface area contributed by atoms with E-state index in [0.29, 0.717) is 11.1 Å². The van der Waals surface area contributed by atoms with Crippen molar-refractivity contribution in [2.75, 3.05) is 6.61 Å². The molecule has 0 radical (unpaired) electrons. The van der Waals surface area contributed by atoms with Gasteiger partial charge < -0.3 is 10.4 Å². The zero-order valence-electron chi connectivity index (χ0n) is 11.7. The number of carbonyl (C=O) groups is 1. The van der Waals surface area contributed by atoms with Gasteiger partial charge >= 0.3 is 0 Å². The molecule has 0 saturated heterocycles. The summed E-state index contributed by atoms with van der Waals surface area (Å²) in [6.07, 6.45) is 3.40. The van der Waals surface area contributed by atoms with Crippen molar-refractivity contribution in [3.63, 3.8) is 0 Å². The van der Waals surface area contributed by atoms with Gasteiger partial charge in [0.05, 0.1) is 6.04 Å². The Morgan fingerprint density at radius 2 is 2.10 bits per heavy atom. The van der Waals surface area contributed by atoms with Crippen molar-refractivity contribution in [1.29, 1.82) is 0 Å². The molecule has 1 aromatic heterocycles. The van der Waals surface area contributed by atoms with E-state index in [2.05, 4.69) is 22.1 Å². The average Bonchev–Trinajstić information content (AvgIpc) is 2.54. The van der Waals surface area contributed by atoms with E-state index in [4.69, 9.17) is 5.11 Å². The minimum atomic E-state index is -0.199. The van der Waals surface area contributed by atoms with E-state index in [1.165, 1.54) is 0 Å². The smallest absolute Gasteiger partial charge is 0.251 e. The predicted molar refractivity (Wildman–Crippen MR) is 80.5 cm³/mol. The Morgan fingerprint density at radius 1 is 1.33 bits per heavy atom. The van der Waals surface area contributed by atoms with E-state index in [-0.39, 0.29) is 18.6 Å². The van der Waals surface area contributed by atoms with Crippen LogP contribution in [0.25, 0.3) is 0 Å². The lowest BCUT2D eigenvalue weighted by Crippen LogP contribution is -2.26. The molecule has 2 aromatic rings. The van der Waals surface area contributed by atoms with Crippen molar-refractivity contribution < 1.29 is 9.90 Å². The number of aliphatic hydroxyl groups is 1. The molecule has 21 heavy (non-hydrogen) atoms. The zero-order valence-corrected chi connectivity index (χ0v) is 11.7. The second-order valence-electron chi connectivity index (χ2n) is 4.52. The Morgan fingerprint density at radius 3 is 2.81 bits per heavy atom. The minimum Gasteiger partial charge on any atom is -0.384 e. The fraction of sp³-hybridized carbons (Fsp3) is 0.176. The SMILES string of the molecule is CC(NC(=O)c1cccc(C#CCO)c1)c1ccncc1. The highest BCUT2D eigenvalue weighted by Gasteiger charge is 2.11. The van der Waals surface area contributed by atoms with Crippen molar-refractivity contribution in [1.82, 2.24) is 10.3 Å². The first kappa shape index (κ1) is 14.8. The molecule has 0 aliphatic rings. The standard InChI is InChI=1S/C17H16N2O2/c1-13(15-7-9-18-10-8-15)19-17(21)16-6-2-4-14(12-16)5-3-11-20/h2,4,6-10,12-13,20H,11H2,1H3,(H,19,21). The summed E-state index contributed by atoms with van der Waals surface area (Å²) in [6, 6.07) is 10.6. The highest BCUT2D eigenvalue weighted by molar-refractivity contribution is 5.94. The molecule has 0 saturated carbocycles. The van der Waals surface area contributed by atoms with E-state index in [1.54, 1.807) is 36.7 Å². The van der Waals surface area contributed by atoms with Gasteiger partial charge in [0.15, 0.2) is 0 Å². The van der Waals surface area contributed by atoms with Crippen molar-refractivity contribution in [2.45, 2.75) is 13.0 Å². The lowest BCUT2D eigenvalue weighted by molar-refractivity contribution is 0.0940. The van der Waals surface area contributed by atoms with Crippen LogP contribution in [0.3, 0.4) is 0 Å². The molecular weight excluding hydrogens is 264 g/mol. The number of hydrogen-bond acceptors (Lipinski definition) is 3. The highest BCUT2D eigenvalue weighted by Crippen LogP contribution is 2.12. The molecule has 1 aromatic carbocycles. The van der Waals surface area contributed by atoms with Crippen LogP contribution in [0.2, 0.25) is 0 Å². The monoisotopic (exact) mass is 280 g/mol. The number of aromatic nitrogens is 1. The van der Waals surface area contributed by atoms with Gasteiger partial charge in [-0.1, -0.05) is 17.9 Å². The zero-order chi connectivity index (χ0) is 15.1. The maximum absolute atomic E-state index is 12.2. The Kier molecular flexibility index (Phi) is 5.08. The fourth-order valence-electron chi connectivity index (χ4n) is 1.90. The van der Waals surface area contributed by atoms with E-state index in [1.807, 2.05) is 19.1 Å². The van der Waals surface area contributed by atoms with Crippen LogP contribution in [0.4, 0.5) is 0 Å². The summed E-state index contributed by atoms with van der Waals surface area (Å²) in [7, 11) is 0. The number of carbonyl (C=O) groups excluding carboxylic acids is 1. The second kappa shape index (κ2) is 7.22. The number of hydrogen-bond donors (Lipinski definition) is 2. The van der Waals surface area contributed by atoms with Crippen LogP contribution >= 0.6 is 0 Å². The molecule has 4 nitrogen and oxygen atoms in total. The van der Waals surface area contributed by atoms with Crippen LogP contribution in [0.1, 0.15) is 34.5 Å². The van der Waals surface area contributed by atoms with E-state index >= 15 is 0 Å².